The highest BCUT2D eigenvalue weighted by molar-refractivity contribution is 6.05. The fraction of sp³-hybridized carbons (Fsp3) is 0.300. The molecule has 0 spiro atoms. The van der Waals surface area contributed by atoms with Gasteiger partial charge in [-0.25, -0.2) is 0 Å². The summed E-state index contributed by atoms with van der Waals surface area (Å²) in [6.07, 6.45) is 0.715. The van der Waals surface area contributed by atoms with Crippen molar-refractivity contribution in [1.82, 2.24) is 5.17 Å². The van der Waals surface area contributed by atoms with E-state index in [1.54, 1.807) is 36.4 Å². The highest BCUT2D eigenvalue weighted by atomic mass is 16.5. The third-order valence-corrected chi connectivity index (χ3v) is 3.97. The van der Waals surface area contributed by atoms with E-state index < -0.39 is 0 Å². The lowest BCUT2D eigenvalue weighted by Crippen LogP contribution is -2.20. The van der Waals surface area contributed by atoms with Crippen molar-refractivity contribution in [3.05, 3.63) is 59.2 Å². The molecule has 2 aromatic carbocycles. The Morgan fingerprint density at radius 3 is 2.23 bits per heavy atom. The number of benzene rings is 2. The summed E-state index contributed by atoms with van der Waals surface area (Å²) < 4.78 is 0. The molecule has 0 radical (unpaired) electrons. The second kappa shape index (κ2) is 8.60. The van der Waals surface area contributed by atoms with Crippen molar-refractivity contribution in [2.45, 2.75) is 27.2 Å². The quantitative estimate of drug-likeness (QED) is 0.517. The van der Waals surface area contributed by atoms with Gasteiger partial charge in [0.15, 0.2) is 5.78 Å². The van der Waals surface area contributed by atoms with Crippen LogP contribution in [0.15, 0.2) is 42.5 Å². The number of hydrogen-bond donors (Lipinski definition) is 3. The van der Waals surface area contributed by atoms with Crippen LogP contribution in [0.3, 0.4) is 0 Å². The third kappa shape index (κ3) is 4.91. The van der Waals surface area contributed by atoms with Gasteiger partial charge in [-0.3, -0.25) is 20.2 Å². The van der Waals surface area contributed by atoms with Gasteiger partial charge in [-0.1, -0.05) is 20.8 Å². The van der Waals surface area contributed by atoms with Crippen LogP contribution < -0.4 is 10.7 Å². The summed E-state index contributed by atoms with van der Waals surface area (Å²) in [5, 5.41) is 12.8. The van der Waals surface area contributed by atoms with Crippen molar-refractivity contribution in [2.75, 3.05) is 17.8 Å². The predicted molar refractivity (Wildman–Crippen MR) is 103 cm³/mol. The Labute approximate surface area is 153 Å². The van der Waals surface area contributed by atoms with Crippen LogP contribution in [0.5, 0.6) is 0 Å². The van der Waals surface area contributed by atoms with Gasteiger partial charge in [0, 0.05) is 29.8 Å². The molecule has 0 aromatic heterocycles. The molecule has 0 heterocycles. The van der Waals surface area contributed by atoms with Crippen LogP contribution in [0.4, 0.5) is 11.4 Å². The number of hydroxylamine groups is 1. The highest BCUT2D eigenvalue weighted by Crippen LogP contribution is 2.21. The second-order valence-corrected chi connectivity index (χ2v) is 6.41. The lowest BCUT2D eigenvalue weighted by Gasteiger charge is -2.13. The van der Waals surface area contributed by atoms with Crippen molar-refractivity contribution in [3.8, 4) is 0 Å². The van der Waals surface area contributed by atoms with E-state index in [1.165, 1.54) is 7.05 Å². The Bertz CT molecular complexity index is 783. The molecule has 0 saturated carbocycles. The lowest BCUT2D eigenvalue weighted by molar-refractivity contribution is -0.0385. The molecular weight excluding hydrogens is 330 g/mol. The molecule has 0 atom stereocenters. The Hall–Kier alpha value is -2.70. The first-order valence-corrected chi connectivity index (χ1v) is 8.59. The monoisotopic (exact) mass is 355 g/mol. The molecule has 0 fully saturated rings. The van der Waals surface area contributed by atoms with Gasteiger partial charge in [-0.15, -0.1) is 5.17 Å². The Balaban J connectivity index is 2.15. The van der Waals surface area contributed by atoms with Crippen LogP contribution in [-0.2, 0) is 6.42 Å². The van der Waals surface area contributed by atoms with Gasteiger partial charge in [-0.05, 0) is 54.4 Å². The van der Waals surface area contributed by atoms with Gasteiger partial charge < -0.3 is 5.32 Å². The molecule has 0 bridgehead atoms. The maximum absolute atomic E-state index is 12.4. The molecule has 0 unspecified atom stereocenters. The second-order valence-electron chi connectivity index (χ2n) is 6.41. The molecule has 1 amide bonds. The first-order valence-electron chi connectivity index (χ1n) is 8.59. The largest absolute Gasteiger partial charge is 0.322 e. The topological polar surface area (TPSA) is 81.7 Å². The maximum Gasteiger partial charge on any atom is 0.255 e. The summed E-state index contributed by atoms with van der Waals surface area (Å²) >= 11 is 0. The summed E-state index contributed by atoms with van der Waals surface area (Å²) in [6.45, 7) is 5.75. The zero-order chi connectivity index (χ0) is 19.3. The molecule has 26 heavy (non-hydrogen) atoms. The number of nitrogens with one attached hydrogen (secondary N) is 2. The number of aryl methyl sites for hydroxylation is 1. The first kappa shape index (κ1) is 19.6. The normalized spacial score (nSPS) is 10.9. The molecule has 6 heteroatoms. The van der Waals surface area contributed by atoms with Crippen molar-refractivity contribution >= 4 is 23.1 Å². The van der Waals surface area contributed by atoms with Crippen LogP contribution >= 0.6 is 0 Å². The van der Waals surface area contributed by atoms with Crippen molar-refractivity contribution < 1.29 is 14.8 Å². The number of anilines is 2. The molecule has 6 nitrogen and oxygen atoms in total. The first-order chi connectivity index (χ1) is 12.3. The number of nitrogens with zero attached hydrogens (tertiary/aromatic N) is 1. The van der Waals surface area contributed by atoms with E-state index in [0.29, 0.717) is 28.9 Å². The number of rotatable bonds is 7. The third-order valence-electron chi connectivity index (χ3n) is 3.97. The lowest BCUT2D eigenvalue weighted by atomic mass is 9.94. The van der Waals surface area contributed by atoms with Crippen LogP contribution in [0, 0.1) is 5.92 Å². The molecular formula is C20H25N3O3. The summed E-state index contributed by atoms with van der Waals surface area (Å²) in [6, 6.07) is 12.1. The molecule has 0 aliphatic heterocycles. The number of carbonyl (C=O) groups is 2. The fourth-order valence-corrected chi connectivity index (χ4v) is 2.60. The van der Waals surface area contributed by atoms with E-state index in [4.69, 9.17) is 5.21 Å². The molecule has 2 rings (SSSR count). The summed E-state index contributed by atoms with van der Waals surface area (Å²) in [7, 11) is 1.46. The van der Waals surface area contributed by atoms with E-state index in [9.17, 15) is 9.59 Å². The standard InChI is InChI=1S/C20H25N3O3/c1-5-14-12-17(10-11-18(14)19(24)13(2)3)21-20(25)15-6-8-16(9-7-15)22-23(4)26/h6-13,22,26H,5H2,1-4H3,(H,21,25). The molecule has 0 aliphatic rings. The minimum absolute atomic E-state index is 0.0640. The minimum Gasteiger partial charge on any atom is -0.322 e. The van der Waals surface area contributed by atoms with Gasteiger partial charge in [0.2, 0.25) is 0 Å². The number of hydrazine groups is 1. The van der Waals surface area contributed by atoms with E-state index in [0.717, 1.165) is 10.7 Å². The molecule has 138 valence electrons. The van der Waals surface area contributed by atoms with Gasteiger partial charge in [0.25, 0.3) is 5.91 Å². The van der Waals surface area contributed by atoms with E-state index >= 15 is 0 Å². The number of amides is 1. The Kier molecular flexibility index (Phi) is 6.49. The highest BCUT2D eigenvalue weighted by Gasteiger charge is 2.15. The van der Waals surface area contributed by atoms with E-state index in [2.05, 4.69) is 10.7 Å². The average molecular weight is 355 g/mol. The number of ketones is 1. The fourth-order valence-electron chi connectivity index (χ4n) is 2.60. The smallest absolute Gasteiger partial charge is 0.255 e. The van der Waals surface area contributed by atoms with Crippen molar-refractivity contribution in [2.24, 2.45) is 5.92 Å². The van der Waals surface area contributed by atoms with Gasteiger partial charge in [-0.2, -0.15) is 0 Å². The Morgan fingerprint density at radius 1 is 1.08 bits per heavy atom. The number of Topliss-reactive ketones (excluding diaryl/α,β-unsaturated/α-hetero) is 1. The summed E-state index contributed by atoms with van der Waals surface area (Å²) in [4.78, 5) is 24.7. The van der Waals surface area contributed by atoms with Crippen LogP contribution in [0.25, 0.3) is 0 Å². The average Bonchev–Trinajstić information content (AvgIpc) is 2.61. The van der Waals surface area contributed by atoms with Gasteiger partial charge in [0.1, 0.15) is 0 Å². The Morgan fingerprint density at radius 2 is 1.69 bits per heavy atom. The SMILES string of the molecule is CCc1cc(NC(=O)c2ccc(NN(C)O)cc2)ccc1C(=O)C(C)C. The number of carbonyl (C=O) groups excluding carboxylic acids is 2. The zero-order valence-electron chi connectivity index (χ0n) is 15.5. The van der Waals surface area contributed by atoms with Crippen molar-refractivity contribution in [1.29, 1.82) is 0 Å². The van der Waals surface area contributed by atoms with E-state index in [-0.39, 0.29) is 17.6 Å². The predicted octanol–water partition coefficient (Wildman–Crippen LogP) is 3.99. The van der Waals surface area contributed by atoms with Crippen LogP contribution in [0.2, 0.25) is 0 Å². The molecule has 0 saturated heterocycles. The maximum atomic E-state index is 12.4. The minimum atomic E-state index is -0.237. The molecule has 2 aromatic rings. The van der Waals surface area contributed by atoms with Crippen LogP contribution in [0.1, 0.15) is 47.1 Å². The zero-order valence-corrected chi connectivity index (χ0v) is 15.5. The van der Waals surface area contributed by atoms with Crippen LogP contribution in [-0.4, -0.2) is 29.1 Å². The van der Waals surface area contributed by atoms with Gasteiger partial charge >= 0.3 is 0 Å². The molecule has 3 N–H and O–H groups in total. The molecule has 0 aliphatic carbocycles. The van der Waals surface area contributed by atoms with Gasteiger partial charge in [0.05, 0.1) is 5.69 Å². The summed E-state index contributed by atoms with van der Waals surface area (Å²) in [5.74, 6) is -0.193. The van der Waals surface area contributed by atoms with Crippen molar-refractivity contribution in [3.63, 3.8) is 0 Å². The van der Waals surface area contributed by atoms with E-state index in [1.807, 2.05) is 26.8 Å². The number of hydrogen-bond acceptors (Lipinski definition) is 5. The summed E-state index contributed by atoms with van der Waals surface area (Å²) in [5.41, 5.74) is 6.14.